The van der Waals surface area contributed by atoms with E-state index in [0.717, 1.165) is 62.3 Å². The fourth-order valence-electron chi connectivity index (χ4n) is 3.59. The van der Waals surface area contributed by atoms with Crippen LogP contribution in [0.4, 0.5) is 5.69 Å². The average molecular weight is 443 g/mol. The summed E-state index contributed by atoms with van der Waals surface area (Å²) >= 11 is 3.63. The molecule has 0 unspecified atom stereocenters. The molecule has 2 fully saturated rings. The standard InChI is InChI=1S/C16H24BrN3O2.2ClH/c17-12-1-2-13(18)16(21)14(12)15(11-3-9-22-10-4-11)20-7-5-19-6-8-20;;/h1-2,11,15,19,21H,3-10,18H2;2*1H/t15-;;/m1../s1. The van der Waals surface area contributed by atoms with Crippen molar-refractivity contribution in [3.8, 4) is 5.75 Å². The zero-order valence-electron chi connectivity index (χ0n) is 13.5. The van der Waals surface area contributed by atoms with E-state index >= 15 is 0 Å². The molecule has 8 heteroatoms. The van der Waals surface area contributed by atoms with Crippen molar-refractivity contribution in [1.82, 2.24) is 10.2 Å². The number of phenols is 1. The molecular weight excluding hydrogens is 417 g/mol. The summed E-state index contributed by atoms with van der Waals surface area (Å²) in [6.45, 7) is 5.55. The lowest BCUT2D eigenvalue weighted by atomic mass is 9.85. The molecule has 3 rings (SSSR count). The minimum Gasteiger partial charge on any atom is -0.505 e. The Morgan fingerprint density at radius 3 is 2.46 bits per heavy atom. The molecule has 0 radical (unpaired) electrons. The number of ether oxygens (including phenoxy) is 1. The minimum absolute atomic E-state index is 0. The van der Waals surface area contributed by atoms with E-state index < -0.39 is 0 Å². The SMILES string of the molecule is Cl.Cl.Nc1ccc(Br)c([C@@H](C2CCOCC2)N2CCNCC2)c1O. The average Bonchev–Trinajstić information content (AvgIpc) is 2.57. The minimum atomic E-state index is 0. The topological polar surface area (TPSA) is 70.8 Å². The van der Waals surface area contributed by atoms with E-state index in [1.54, 1.807) is 6.07 Å². The van der Waals surface area contributed by atoms with Gasteiger partial charge in [-0.3, -0.25) is 4.90 Å². The number of rotatable bonds is 3. The summed E-state index contributed by atoms with van der Waals surface area (Å²) in [6, 6.07) is 3.88. The van der Waals surface area contributed by atoms with Gasteiger partial charge in [-0.05, 0) is 30.9 Å². The summed E-state index contributed by atoms with van der Waals surface area (Å²) in [7, 11) is 0. The van der Waals surface area contributed by atoms with Crippen LogP contribution in [-0.4, -0.2) is 49.4 Å². The molecule has 0 spiro atoms. The van der Waals surface area contributed by atoms with Crippen molar-refractivity contribution in [3.63, 3.8) is 0 Å². The highest BCUT2D eigenvalue weighted by molar-refractivity contribution is 9.10. The maximum atomic E-state index is 10.6. The lowest BCUT2D eigenvalue weighted by Crippen LogP contribution is -2.47. The molecule has 24 heavy (non-hydrogen) atoms. The lowest BCUT2D eigenvalue weighted by Gasteiger charge is -2.41. The number of aromatic hydroxyl groups is 1. The second-order valence-electron chi connectivity index (χ2n) is 6.08. The number of nitrogens with one attached hydrogen (secondary N) is 1. The van der Waals surface area contributed by atoms with Crippen LogP contribution >= 0.6 is 40.7 Å². The van der Waals surface area contributed by atoms with E-state index in [9.17, 15) is 5.11 Å². The van der Waals surface area contributed by atoms with Crippen LogP contribution in [0.2, 0.25) is 0 Å². The Kier molecular flexibility index (Phi) is 9.12. The molecule has 1 aromatic rings. The molecule has 1 atom stereocenters. The quantitative estimate of drug-likeness (QED) is 0.495. The third-order valence-electron chi connectivity index (χ3n) is 4.75. The summed E-state index contributed by atoms with van der Waals surface area (Å²) in [5, 5.41) is 14.0. The molecule has 0 amide bonds. The summed E-state index contributed by atoms with van der Waals surface area (Å²) in [5.74, 6) is 0.709. The van der Waals surface area contributed by atoms with Gasteiger partial charge in [-0.15, -0.1) is 24.8 Å². The normalized spacial score (nSPS) is 20.7. The molecule has 2 heterocycles. The summed E-state index contributed by atoms with van der Waals surface area (Å²) < 4.78 is 6.47. The van der Waals surface area contributed by atoms with E-state index in [4.69, 9.17) is 10.5 Å². The highest BCUT2D eigenvalue weighted by Crippen LogP contribution is 2.44. The highest BCUT2D eigenvalue weighted by Gasteiger charge is 2.34. The Morgan fingerprint density at radius 2 is 1.83 bits per heavy atom. The van der Waals surface area contributed by atoms with Gasteiger partial charge in [0.15, 0.2) is 0 Å². The molecule has 0 bridgehead atoms. The van der Waals surface area contributed by atoms with Gasteiger partial charge in [0.2, 0.25) is 0 Å². The third-order valence-corrected chi connectivity index (χ3v) is 5.44. The number of anilines is 1. The number of piperazine rings is 1. The number of hydrogen-bond donors (Lipinski definition) is 3. The first kappa shape index (κ1) is 21.8. The lowest BCUT2D eigenvalue weighted by molar-refractivity contribution is 0.0204. The number of nitrogens with zero attached hydrogens (tertiary/aromatic N) is 1. The van der Waals surface area contributed by atoms with Gasteiger partial charge in [-0.2, -0.15) is 0 Å². The molecule has 2 aliphatic heterocycles. The van der Waals surface area contributed by atoms with Crippen LogP contribution in [0.15, 0.2) is 16.6 Å². The first-order valence-electron chi connectivity index (χ1n) is 7.98. The van der Waals surface area contributed by atoms with E-state index in [1.165, 1.54) is 0 Å². The maximum Gasteiger partial charge on any atom is 0.144 e. The van der Waals surface area contributed by atoms with Crippen LogP contribution < -0.4 is 11.1 Å². The van der Waals surface area contributed by atoms with Crippen molar-refractivity contribution >= 4 is 46.4 Å². The molecule has 4 N–H and O–H groups in total. The van der Waals surface area contributed by atoms with E-state index in [2.05, 4.69) is 26.1 Å². The Bertz CT molecular complexity index is 506. The van der Waals surface area contributed by atoms with Crippen LogP contribution in [-0.2, 0) is 4.74 Å². The summed E-state index contributed by atoms with van der Waals surface area (Å²) in [4.78, 5) is 2.48. The van der Waals surface area contributed by atoms with Gasteiger partial charge < -0.3 is 20.9 Å². The van der Waals surface area contributed by atoms with Crippen LogP contribution in [0.1, 0.15) is 24.4 Å². The second-order valence-corrected chi connectivity index (χ2v) is 6.93. The Balaban J connectivity index is 0.00000144. The van der Waals surface area contributed by atoms with Crippen molar-refractivity contribution in [2.45, 2.75) is 18.9 Å². The van der Waals surface area contributed by atoms with Crippen molar-refractivity contribution in [1.29, 1.82) is 0 Å². The van der Waals surface area contributed by atoms with Gasteiger partial charge in [0.25, 0.3) is 0 Å². The van der Waals surface area contributed by atoms with E-state index in [1.807, 2.05) is 6.07 Å². The van der Waals surface area contributed by atoms with Crippen LogP contribution in [0.5, 0.6) is 5.75 Å². The van der Waals surface area contributed by atoms with Gasteiger partial charge in [-0.1, -0.05) is 15.9 Å². The molecule has 2 saturated heterocycles. The Labute approximate surface area is 164 Å². The molecule has 0 aromatic heterocycles. The van der Waals surface area contributed by atoms with E-state index in [0.29, 0.717) is 11.6 Å². The predicted molar refractivity (Wildman–Crippen MR) is 105 cm³/mol. The van der Waals surface area contributed by atoms with Crippen LogP contribution in [0.3, 0.4) is 0 Å². The van der Waals surface area contributed by atoms with Gasteiger partial charge in [0, 0.05) is 55.5 Å². The van der Waals surface area contributed by atoms with Crippen molar-refractivity contribution in [3.05, 3.63) is 22.2 Å². The number of phenolic OH excluding ortho intramolecular Hbond substituents is 1. The zero-order valence-corrected chi connectivity index (χ0v) is 16.8. The fraction of sp³-hybridized carbons (Fsp3) is 0.625. The molecule has 0 saturated carbocycles. The van der Waals surface area contributed by atoms with Crippen molar-refractivity contribution in [2.75, 3.05) is 45.1 Å². The van der Waals surface area contributed by atoms with Crippen LogP contribution in [0.25, 0.3) is 0 Å². The number of halogens is 3. The molecule has 1 aromatic carbocycles. The monoisotopic (exact) mass is 441 g/mol. The molecular formula is C16H26BrCl2N3O2. The van der Waals surface area contributed by atoms with E-state index in [-0.39, 0.29) is 36.6 Å². The molecule has 138 valence electrons. The highest BCUT2D eigenvalue weighted by atomic mass is 79.9. The third kappa shape index (κ3) is 4.68. The molecule has 0 aliphatic carbocycles. The largest absolute Gasteiger partial charge is 0.505 e. The van der Waals surface area contributed by atoms with Crippen molar-refractivity contribution in [2.24, 2.45) is 5.92 Å². The first-order valence-corrected chi connectivity index (χ1v) is 8.77. The van der Waals surface area contributed by atoms with Gasteiger partial charge in [0.05, 0.1) is 5.69 Å². The second kappa shape index (κ2) is 10.0. The first-order chi connectivity index (χ1) is 10.7. The zero-order chi connectivity index (χ0) is 15.5. The number of benzene rings is 1. The summed E-state index contributed by atoms with van der Waals surface area (Å²) in [5.41, 5.74) is 7.35. The van der Waals surface area contributed by atoms with Gasteiger partial charge >= 0.3 is 0 Å². The fourth-order valence-corrected chi connectivity index (χ4v) is 4.14. The van der Waals surface area contributed by atoms with Crippen LogP contribution in [0, 0.1) is 5.92 Å². The number of nitrogen functional groups attached to an aromatic ring is 1. The van der Waals surface area contributed by atoms with Gasteiger partial charge in [-0.25, -0.2) is 0 Å². The smallest absolute Gasteiger partial charge is 0.144 e. The van der Waals surface area contributed by atoms with Gasteiger partial charge in [0.1, 0.15) is 5.75 Å². The molecule has 2 aliphatic rings. The number of hydrogen-bond acceptors (Lipinski definition) is 5. The Morgan fingerprint density at radius 1 is 1.21 bits per heavy atom. The maximum absolute atomic E-state index is 10.6. The molecule has 5 nitrogen and oxygen atoms in total. The number of nitrogens with two attached hydrogens (primary N) is 1. The van der Waals surface area contributed by atoms with Crippen molar-refractivity contribution < 1.29 is 9.84 Å². The predicted octanol–water partition coefficient (Wildman–Crippen LogP) is 2.95. The Hall–Kier alpha value is -0.240. The summed E-state index contributed by atoms with van der Waals surface area (Å²) in [6.07, 6.45) is 2.05.